The summed E-state index contributed by atoms with van der Waals surface area (Å²) in [5, 5.41) is 28.0. The molecule has 5 heavy (non-hydrogen) atoms. The molecule has 0 aliphatic rings. The molecule has 0 aromatic heterocycles. The maximum absolute atomic E-state index is 7.00. The summed E-state index contributed by atoms with van der Waals surface area (Å²) in [5.74, 6) is 0. The van der Waals surface area contributed by atoms with E-state index in [1.165, 1.54) is 0 Å². The van der Waals surface area contributed by atoms with Crippen molar-refractivity contribution >= 4 is 0 Å². The second kappa shape index (κ2) is 187. The molecule has 0 amide bonds. The zero-order valence-corrected chi connectivity index (χ0v) is 3.69. The molecule has 0 atom stereocenters. The van der Waals surface area contributed by atoms with Gasteiger partial charge in [-0.3, -0.25) is 0 Å². The smallest absolute Gasteiger partial charge is 1.00 e. The molecule has 0 radical (unpaired) electrons. The summed E-state index contributed by atoms with van der Waals surface area (Å²) < 4.78 is 0. The first-order chi connectivity index (χ1) is 2.00. The molecule has 0 rings (SSSR count). The Bertz CT molecular complexity index is 3.61. The topological polar surface area (TPSA) is 92.2 Å². The fraction of sp³-hybridized carbons (Fsp3) is 0. The Hall–Kier alpha value is 0.554. The van der Waals surface area contributed by atoms with Crippen molar-refractivity contribution in [2.75, 3.05) is 0 Å². The maximum Gasteiger partial charge on any atom is 4.00 e. The van der Waals surface area contributed by atoms with E-state index in [0.29, 0.717) is 0 Å². The molecule has 0 aliphatic carbocycles. The summed E-state index contributed by atoms with van der Waals surface area (Å²) >= 11 is 0. The number of rotatable bonds is 0. The van der Waals surface area contributed by atoms with Gasteiger partial charge in [0.05, 0.1) is 0 Å². The Balaban J connectivity index is -0.0000000133. The molecular weight excluding hydrogens is 112 g/mol. The van der Waals surface area contributed by atoms with E-state index in [-0.39, 0.29) is 21.7 Å². The third kappa shape index (κ3) is 96.7. The standard InChI is InChI=1S/2O2.Ti/c2*1-2;/q2*-2;+4. The van der Waals surface area contributed by atoms with Crippen LogP contribution >= 0.6 is 0 Å². The first-order valence-electron chi connectivity index (χ1n) is 0.333. The van der Waals surface area contributed by atoms with Crippen LogP contribution in [0, 0.1) is 0 Å². The Morgan fingerprint density at radius 3 is 0.600 bits per heavy atom. The molecule has 0 aromatic rings. The Labute approximate surface area is 43.4 Å². The van der Waals surface area contributed by atoms with E-state index in [4.69, 9.17) is 21.0 Å². The normalized spacial score (nSPS) is 2.40. The Morgan fingerprint density at radius 1 is 0.600 bits per heavy atom. The first kappa shape index (κ1) is 17.7. The van der Waals surface area contributed by atoms with Gasteiger partial charge in [0.15, 0.2) is 0 Å². The van der Waals surface area contributed by atoms with Crippen molar-refractivity contribution in [3.8, 4) is 0 Å². The van der Waals surface area contributed by atoms with Crippen LogP contribution in [0.4, 0.5) is 0 Å². The molecular formula is O4Ti. The summed E-state index contributed by atoms with van der Waals surface area (Å²) in [6.07, 6.45) is 0. The first-order valence-corrected chi connectivity index (χ1v) is 0.333. The second-order valence-electron chi connectivity index (χ2n) is 0. The van der Waals surface area contributed by atoms with Gasteiger partial charge in [0.25, 0.3) is 0 Å². The molecule has 0 fully saturated rings. The molecule has 4 nitrogen and oxygen atoms in total. The fourth-order valence-electron chi connectivity index (χ4n) is 0. The van der Waals surface area contributed by atoms with Gasteiger partial charge >= 0.3 is 21.7 Å². The summed E-state index contributed by atoms with van der Waals surface area (Å²) in [7, 11) is 0. The van der Waals surface area contributed by atoms with E-state index >= 15 is 0 Å². The number of hydrogen-bond acceptors (Lipinski definition) is 4. The van der Waals surface area contributed by atoms with Gasteiger partial charge < -0.3 is 21.0 Å². The monoisotopic (exact) mass is 112 g/mol. The van der Waals surface area contributed by atoms with Crippen LogP contribution in [0.25, 0.3) is 0 Å². The van der Waals surface area contributed by atoms with Crippen molar-refractivity contribution in [1.29, 1.82) is 0 Å². The minimum Gasteiger partial charge on any atom is -1.00 e. The quantitative estimate of drug-likeness (QED) is 0.178. The third-order valence-corrected chi connectivity index (χ3v) is 0. The molecule has 28 valence electrons. The van der Waals surface area contributed by atoms with Crippen LogP contribution in [-0.4, -0.2) is 0 Å². The van der Waals surface area contributed by atoms with Gasteiger partial charge in [-0.05, 0) is 0 Å². The van der Waals surface area contributed by atoms with Gasteiger partial charge in [-0.1, -0.05) is 0 Å². The predicted molar refractivity (Wildman–Crippen MR) is 0 cm³/mol. The van der Waals surface area contributed by atoms with E-state index in [1.54, 1.807) is 0 Å². The molecule has 0 unspecified atom stereocenters. The zero-order valence-electron chi connectivity index (χ0n) is 2.13. The summed E-state index contributed by atoms with van der Waals surface area (Å²) in [6.45, 7) is 0. The second-order valence-corrected chi connectivity index (χ2v) is 0. The van der Waals surface area contributed by atoms with Gasteiger partial charge in [0.2, 0.25) is 0 Å². The summed E-state index contributed by atoms with van der Waals surface area (Å²) in [5.41, 5.74) is 0. The molecule has 0 spiro atoms. The zero-order chi connectivity index (χ0) is 4.00. The molecule has 0 aliphatic heterocycles. The van der Waals surface area contributed by atoms with E-state index in [9.17, 15) is 0 Å². The van der Waals surface area contributed by atoms with Crippen LogP contribution < -0.4 is 21.0 Å². The van der Waals surface area contributed by atoms with Crippen LogP contribution in [0.5, 0.6) is 0 Å². The molecule has 0 heterocycles. The van der Waals surface area contributed by atoms with Crippen LogP contribution in [-0.2, 0) is 21.7 Å². The molecule has 0 N–H and O–H groups in total. The summed E-state index contributed by atoms with van der Waals surface area (Å²) in [6, 6.07) is 0. The van der Waals surface area contributed by atoms with Crippen molar-refractivity contribution < 1.29 is 42.7 Å². The minimum atomic E-state index is 0. The van der Waals surface area contributed by atoms with Crippen LogP contribution in [0.1, 0.15) is 0 Å². The van der Waals surface area contributed by atoms with Crippen molar-refractivity contribution in [2.24, 2.45) is 0 Å². The van der Waals surface area contributed by atoms with Crippen molar-refractivity contribution in [2.45, 2.75) is 0 Å². The van der Waals surface area contributed by atoms with E-state index in [1.807, 2.05) is 0 Å². The van der Waals surface area contributed by atoms with E-state index < -0.39 is 0 Å². The fourth-order valence-corrected chi connectivity index (χ4v) is 0. The Morgan fingerprint density at radius 2 is 0.600 bits per heavy atom. The largest absolute Gasteiger partial charge is 4.00 e. The maximum atomic E-state index is 7.00. The molecule has 0 saturated heterocycles. The van der Waals surface area contributed by atoms with Gasteiger partial charge in [0, 0.05) is 0 Å². The van der Waals surface area contributed by atoms with Gasteiger partial charge in [-0.25, -0.2) is 0 Å². The van der Waals surface area contributed by atoms with Crippen molar-refractivity contribution in [1.82, 2.24) is 0 Å². The minimum absolute atomic E-state index is 0. The van der Waals surface area contributed by atoms with E-state index in [2.05, 4.69) is 0 Å². The average molecular weight is 112 g/mol. The molecule has 5 heteroatoms. The van der Waals surface area contributed by atoms with Crippen LogP contribution in [0.2, 0.25) is 0 Å². The Kier molecular flexibility index (Phi) is 661. The van der Waals surface area contributed by atoms with E-state index in [0.717, 1.165) is 0 Å². The third-order valence-electron chi connectivity index (χ3n) is 0. The average Bonchev–Trinajstić information content (AvgIpc) is 1.50. The van der Waals surface area contributed by atoms with Gasteiger partial charge in [-0.2, -0.15) is 0 Å². The summed E-state index contributed by atoms with van der Waals surface area (Å²) in [4.78, 5) is 0. The molecule has 0 aromatic carbocycles. The molecule has 0 bridgehead atoms. The van der Waals surface area contributed by atoms with Crippen LogP contribution in [0.15, 0.2) is 0 Å². The molecule has 0 saturated carbocycles. The predicted octanol–water partition coefficient (Wildman–Crippen LogP) is -4.76. The SMILES string of the molecule is [O-][O-].[O-][O-].[Ti+4]. The number of hydrogen-bond donors (Lipinski definition) is 0. The van der Waals surface area contributed by atoms with Gasteiger partial charge in [0.1, 0.15) is 0 Å². The van der Waals surface area contributed by atoms with Crippen molar-refractivity contribution in [3.05, 3.63) is 0 Å². The van der Waals surface area contributed by atoms with Gasteiger partial charge in [-0.15, -0.1) is 0 Å². The van der Waals surface area contributed by atoms with Crippen molar-refractivity contribution in [3.63, 3.8) is 0 Å². The van der Waals surface area contributed by atoms with Crippen LogP contribution in [0.3, 0.4) is 0 Å².